The Morgan fingerprint density at radius 2 is 1.83 bits per heavy atom. The summed E-state index contributed by atoms with van der Waals surface area (Å²) in [7, 11) is 1.83. The largest absolute Gasteiger partial charge is 0.305 e. The Morgan fingerprint density at radius 3 is 2.57 bits per heavy atom. The van der Waals surface area contributed by atoms with E-state index in [-0.39, 0.29) is 5.75 Å². The maximum atomic E-state index is 13.7. The normalized spacial score (nSPS) is 11.0. The fraction of sp³-hybridized carbons (Fsp3) is 0.125. The van der Waals surface area contributed by atoms with Crippen molar-refractivity contribution in [1.82, 2.24) is 14.8 Å². The Balaban J connectivity index is 1.80. The monoisotopic (exact) mass is 351 g/mol. The van der Waals surface area contributed by atoms with E-state index in [0.29, 0.717) is 21.6 Å². The van der Waals surface area contributed by atoms with Crippen molar-refractivity contribution >= 4 is 23.4 Å². The van der Waals surface area contributed by atoms with Gasteiger partial charge in [0.2, 0.25) is 0 Å². The minimum absolute atomic E-state index is 0.274. The summed E-state index contributed by atoms with van der Waals surface area (Å²) in [4.78, 5) is 0. The molecule has 0 amide bonds. The molecule has 0 radical (unpaired) electrons. The molecule has 3 nitrogen and oxygen atoms in total. The molecule has 118 valence electrons. The summed E-state index contributed by atoms with van der Waals surface area (Å²) in [5.41, 5.74) is 1.18. The Morgan fingerprint density at radius 1 is 1.09 bits per heavy atom. The van der Waals surface area contributed by atoms with Crippen molar-refractivity contribution in [2.75, 3.05) is 0 Å². The van der Waals surface area contributed by atoms with Gasteiger partial charge in [-0.05, 0) is 30.3 Å². The number of thioether (sulfide) groups is 1. The molecule has 0 saturated heterocycles. The number of rotatable bonds is 4. The molecule has 0 atom stereocenters. The van der Waals surface area contributed by atoms with Gasteiger partial charge in [-0.1, -0.05) is 35.5 Å². The number of nitrogens with zero attached hydrogens (tertiary/aromatic N) is 3. The molecule has 1 aromatic heterocycles. The number of halogens is 3. The van der Waals surface area contributed by atoms with Gasteiger partial charge in [0.15, 0.2) is 22.6 Å². The molecule has 0 unspecified atom stereocenters. The predicted octanol–water partition coefficient (Wildman–Crippen LogP) is 4.71. The van der Waals surface area contributed by atoms with Crippen LogP contribution in [-0.4, -0.2) is 14.8 Å². The van der Waals surface area contributed by atoms with Crippen LogP contribution in [0.2, 0.25) is 5.02 Å². The average molecular weight is 352 g/mol. The first-order valence-corrected chi connectivity index (χ1v) is 8.13. The lowest BCUT2D eigenvalue weighted by atomic mass is 10.2. The Hall–Kier alpha value is -1.92. The summed E-state index contributed by atoms with van der Waals surface area (Å²) in [6.07, 6.45) is 0. The summed E-state index contributed by atoms with van der Waals surface area (Å²) in [6, 6.07) is 11.4. The van der Waals surface area contributed by atoms with Crippen molar-refractivity contribution in [1.29, 1.82) is 0 Å². The molecular formula is C16H12ClF2N3S. The zero-order valence-corrected chi connectivity index (χ0v) is 13.7. The summed E-state index contributed by atoms with van der Waals surface area (Å²) in [5, 5.41) is 9.53. The zero-order valence-electron chi connectivity index (χ0n) is 12.1. The van der Waals surface area contributed by atoms with Crippen LogP contribution in [0.5, 0.6) is 0 Å². The van der Waals surface area contributed by atoms with Crippen LogP contribution in [0.3, 0.4) is 0 Å². The molecule has 2 aromatic carbocycles. The molecule has 1 heterocycles. The highest BCUT2D eigenvalue weighted by Gasteiger charge is 2.13. The highest BCUT2D eigenvalue weighted by Crippen LogP contribution is 2.27. The van der Waals surface area contributed by atoms with Gasteiger partial charge in [-0.25, -0.2) is 8.78 Å². The van der Waals surface area contributed by atoms with E-state index in [4.69, 9.17) is 11.6 Å². The van der Waals surface area contributed by atoms with Crippen molar-refractivity contribution < 1.29 is 8.78 Å². The first-order valence-electron chi connectivity index (χ1n) is 6.77. The topological polar surface area (TPSA) is 30.7 Å². The fourth-order valence-electron chi connectivity index (χ4n) is 2.09. The number of hydrogen-bond acceptors (Lipinski definition) is 3. The number of hydrogen-bond donors (Lipinski definition) is 0. The molecule has 3 aromatic rings. The molecule has 0 aliphatic heterocycles. The zero-order chi connectivity index (χ0) is 16.4. The summed E-state index contributed by atoms with van der Waals surface area (Å²) < 4.78 is 28.7. The minimum atomic E-state index is -0.845. The molecule has 0 bridgehead atoms. The third-order valence-electron chi connectivity index (χ3n) is 3.33. The molecule has 0 N–H and O–H groups in total. The summed E-state index contributed by atoms with van der Waals surface area (Å²) >= 11 is 7.17. The van der Waals surface area contributed by atoms with Crippen LogP contribution in [0.1, 0.15) is 5.56 Å². The van der Waals surface area contributed by atoms with Gasteiger partial charge in [-0.2, -0.15) is 0 Å². The van der Waals surface area contributed by atoms with Gasteiger partial charge < -0.3 is 4.57 Å². The third-order valence-corrected chi connectivity index (χ3v) is 4.65. The van der Waals surface area contributed by atoms with Gasteiger partial charge in [-0.3, -0.25) is 0 Å². The Bertz CT molecular complexity index is 834. The van der Waals surface area contributed by atoms with E-state index in [1.165, 1.54) is 17.8 Å². The van der Waals surface area contributed by atoms with Gasteiger partial charge in [0, 0.05) is 29.0 Å². The lowest BCUT2D eigenvalue weighted by Crippen LogP contribution is -1.96. The smallest absolute Gasteiger partial charge is 0.191 e. The molecule has 0 aliphatic carbocycles. The van der Waals surface area contributed by atoms with Gasteiger partial charge in [0.05, 0.1) is 0 Å². The lowest BCUT2D eigenvalue weighted by Gasteiger charge is -2.05. The first-order chi connectivity index (χ1) is 11.1. The molecule has 3 rings (SSSR count). The van der Waals surface area contributed by atoms with Crippen LogP contribution in [0.4, 0.5) is 8.78 Å². The van der Waals surface area contributed by atoms with Crippen molar-refractivity contribution in [3.63, 3.8) is 0 Å². The van der Waals surface area contributed by atoms with E-state index < -0.39 is 11.6 Å². The molecule has 0 saturated carbocycles. The van der Waals surface area contributed by atoms with E-state index in [1.807, 2.05) is 23.7 Å². The van der Waals surface area contributed by atoms with Gasteiger partial charge in [0.25, 0.3) is 0 Å². The van der Waals surface area contributed by atoms with E-state index in [1.54, 1.807) is 18.2 Å². The predicted molar refractivity (Wildman–Crippen MR) is 87.4 cm³/mol. The molecular weight excluding hydrogens is 340 g/mol. The van der Waals surface area contributed by atoms with Crippen molar-refractivity contribution in [3.05, 3.63) is 64.7 Å². The van der Waals surface area contributed by atoms with Gasteiger partial charge in [0.1, 0.15) is 0 Å². The van der Waals surface area contributed by atoms with E-state index in [9.17, 15) is 8.78 Å². The Labute approximate surface area is 141 Å². The molecule has 0 aliphatic rings. The van der Waals surface area contributed by atoms with Crippen LogP contribution in [0.25, 0.3) is 11.4 Å². The number of aromatic nitrogens is 3. The molecule has 23 heavy (non-hydrogen) atoms. The maximum Gasteiger partial charge on any atom is 0.191 e. The maximum absolute atomic E-state index is 13.7. The van der Waals surface area contributed by atoms with Crippen LogP contribution in [0, 0.1) is 11.6 Å². The van der Waals surface area contributed by atoms with E-state index >= 15 is 0 Å². The third kappa shape index (κ3) is 3.38. The minimum Gasteiger partial charge on any atom is -0.305 e. The second-order valence-corrected chi connectivity index (χ2v) is 6.25. The summed E-state index contributed by atoms with van der Waals surface area (Å²) in [5.74, 6) is -0.706. The van der Waals surface area contributed by atoms with Crippen LogP contribution < -0.4 is 0 Å². The molecule has 7 heteroatoms. The first kappa shape index (κ1) is 16.0. The quantitative estimate of drug-likeness (QED) is 0.638. The fourth-order valence-corrected chi connectivity index (χ4v) is 3.11. The average Bonchev–Trinajstić information content (AvgIpc) is 2.91. The van der Waals surface area contributed by atoms with Crippen molar-refractivity contribution in [2.45, 2.75) is 10.9 Å². The second-order valence-electron chi connectivity index (χ2n) is 4.87. The van der Waals surface area contributed by atoms with Crippen LogP contribution in [-0.2, 0) is 12.8 Å². The number of benzene rings is 2. The van der Waals surface area contributed by atoms with Crippen LogP contribution >= 0.6 is 23.4 Å². The molecule has 0 spiro atoms. The second kappa shape index (κ2) is 6.68. The Kier molecular flexibility index (Phi) is 4.63. The highest BCUT2D eigenvalue weighted by molar-refractivity contribution is 7.98. The van der Waals surface area contributed by atoms with Crippen LogP contribution in [0.15, 0.2) is 47.6 Å². The SMILES string of the molecule is Cn1c(SCc2cccc(F)c2F)nnc1-c1ccc(Cl)cc1. The van der Waals surface area contributed by atoms with E-state index in [2.05, 4.69) is 10.2 Å². The van der Waals surface area contributed by atoms with Crippen molar-refractivity contribution in [3.8, 4) is 11.4 Å². The van der Waals surface area contributed by atoms with Crippen molar-refractivity contribution in [2.24, 2.45) is 7.05 Å². The standard InChI is InChI=1S/C16H12ClF2N3S/c1-22-15(10-5-7-12(17)8-6-10)20-21-16(22)23-9-11-3-2-4-13(18)14(11)19/h2-8H,9H2,1H3. The highest BCUT2D eigenvalue weighted by atomic mass is 35.5. The van der Waals surface area contributed by atoms with Gasteiger partial charge >= 0.3 is 0 Å². The van der Waals surface area contributed by atoms with E-state index in [0.717, 1.165) is 11.6 Å². The van der Waals surface area contributed by atoms with Gasteiger partial charge in [-0.15, -0.1) is 10.2 Å². The lowest BCUT2D eigenvalue weighted by molar-refractivity contribution is 0.502. The molecule has 0 fully saturated rings. The summed E-state index contributed by atoms with van der Waals surface area (Å²) in [6.45, 7) is 0.